The maximum absolute atomic E-state index is 12.9. The summed E-state index contributed by atoms with van der Waals surface area (Å²) in [6, 6.07) is 6.27. The number of nitrogens with one attached hydrogen (secondary N) is 3. The first-order chi connectivity index (χ1) is 17.4. The van der Waals surface area contributed by atoms with Crippen molar-refractivity contribution >= 4 is 46.3 Å². The molecule has 5 N–H and O–H groups in total. The predicted octanol–water partition coefficient (Wildman–Crippen LogP) is 2.58. The molecule has 192 valence electrons. The molecule has 4 heterocycles. The Labute approximate surface area is 212 Å². The van der Waals surface area contributed by atoms with E-state index in [0.717, 1.165) is 0 Å². The van der Waals surface area contributed by atoms with Crippen LogP contribution >= 0.6 is 0 Å². The molecule has 4 rings (SSSR count). The molecule has 0 radical (unpaired) electrons. The molecule has 4 aromatic heterocycles. The van der Waals surface area contributed by atoms with Crippen molar-refractivity contribution in [2.24, 2.45) is 28.2 Å². The fourth-order valence-corrected chi connectivity index (χ4v) is 4.10. The first-order valence-electron chi connectivity index (χ1n) is 11.3. The highest BCUT2D eigenvalue weighted by Gasteiger charge is 2.19. The molecule has 0 saturated heterocycles. The highest BCUT2D eigenvalue weighted by Crippen LogP contribution is 2.20. The van der Waals surface area contributed by atoms with Gasteiger partial charge in [-0.15, -0.1) is 0 Å². The Morgan fingerprint density at radius 1 is 0.568 bits per heavy atom. The lowest BCUT2D eigenvalue weighted by molar-refractivity contribution is 0.0999. The quantitative estimate of drug-likeness (QED) is 0.285. The number of carbonyl (C=O) groups is 4. The third-order valence-electron chi connectivity index (χ3n) is 5.87. The highest BCUT2D eigenvalue weighted by atomic mass is 16.2. The van der Waals surface area contributed by atoms with E-state index in [1.807, 2.05) is 0 Å². The summed E-state index contributed by atoms with van der Waals surface area (Å²) in [5, 5.41) is 8.30. The van der Waals surface area contributed by atoms with E-state index in [1.54, 1.807) is 95.5 Å². The van der Waals surface area contributed by atoms with Crippen LogP contribution in [0.4, 0.5) is 22.7 Å². The summed E-state index contributed by atoms with van der Waals surface area (Å²) in [4.78, 5) is 50.0. The number of aromatic nitrogens is 4. The minimum atomic E-state index is -0.419. The number of Topliss-reactive ketones (excluding diaryl/α,β-unsaturated/α-hetero) is 1. The molecule has 0 unspecified atom stereocenters. The number of ketones is 1. The van der Waals surface area contributed by atoms with Gasteiger partial charge >= 0.3 is 0 Å². The van der Waals surface area contributed by atoms with Crippen LogP contribution in [-0.4, -0.2) is 41.8 Å². The molecule has 12 nitrogen and oxygen atoms in total. The fourth-order valence-electron chi connectivity index (χ4n) is 4.10. The Bertz CT molecular complexity index is 1550. The maximum Gasteiger partial charge on any atom is 0.272 e. The molecule has 3 amide bonds. The number of nitrogens with two attached hydrogens (primary N) is 1. The summed E-state index contributed by atoms with van der Waals surface area (Å²) in [5.41, 5.74) is 9.03. The number of anilines is 4. The van der Waals surface area contributed by atoms with Crippen LogP contribution in [0.1, 0.15) is 48.9 Å². The van der Waals surface area contributed by atoms with E-state index in [1.165, 1.54) is 6.92 Å². The minimum absolute atomic E-state index is 0.111. The van der Waals surface area contributed by atoms with Crippen LogP contribution in [0.15, 0.2) is 49.1 Å². The van der Waals surface area contributed by atoms with Gasteiger partial charge in [-0.05, 0) is 24.3 Å². The van der Waals surface area contributed by atoms with Gasteiger partial charge in [0.15, 0.2) is 5.78 Å². The molecule has 37 heavy (non-hydrogen) atoms. The van der Waals surface area contributed by atoms with Gasteiger partial charge in [-0.2, -0.15) is 0 Å². The average molecular weight is 505 g/mol. The van der Waals surface area contributed by atoms with E-state index < -0.39 is 11.8 Å². The van der Waals surface area contributed by atoms with Gasteiger partial charge in [0.25, 0.3) is 17.7 Å². The average Bonchev–Trinajstić information content (AvgIpc) is 3.54. The van der Waals surface area contributed by atoms with Crippen molar-refractivity contribution in [3.05, 3.63) is 71.8 Å². The number of aryl methyl sites for hydroxylation is 4. The van der Waals surface area contributed by atoms with Crippen LogP contribution in [-0.2, 0) is 28.2 Å². The largest absolute Gasteiger partial charge is 0.397 e. The monoisotopic (exact) mass is 504 g/mol. The lowest BCUT2D eigenvalue weighted by atomic mass is 10.3. The Kier molecular flexibility index (Phi) is 6.49. The minimum Gasteiger partial charge on any atom is -0.397 e. The molecule has 4 aromatic rings. The second-order valence-corrected chi connectivity index (χ2v) is 8.86. The van der Waals surface area contributed by atoms with Crippen LogP contribution in [0.25, 0.3) is 0 Å². The van der Waals surface area contributed by atoms with E-state index in [-0.39, 0.29) is 11.7 Å². The summed E-state index contributed by atoms with van der Waals surface area (Å²) < 4.78 is 6.43. The molecule has 0 bridgehead atoms. The van der Waals surface area contributed by atoms with Gasteiger partial charge in [0.05, 0.1) is 28.4 Å². The van der Waals surface area contributed by atoms with E-state index in [9.17, 15) is 19.2 Å². The van der Waals surface area contributed by atoms with Gasteiger partial charge < -0.3 is 40.0 Å². The van der Waals surface area contributed by atoms with Gasteiger partial charge in [0.1, 0.15) is 17.1 Å². The summed E-state index contributed by atoms with van der Waals surface area (Å²) in [5.74, 6) is -1.28. The lowest BCUT2D eigenvalue weighted by Gasteiger charge is -2.03. The molecule has 0 aliphatic rings. The van der Waals surface area contributed by atoms with Crippen molar-refractivity contribution in [1.82, 2.24) is 18.3 Å². The molecule has 0 aromatic carbocycles. The van der Waals surface area contributed by atoms with Crippen molar-refractivity contribution in [2.75, 3.05) is 21.7 Å². The molecule has 12 heteroatoms. The Morgan fingerprint density at radius 2 is 0.892 bits per heavy atom. The molecule has 0 saturated carbocycles. The number of hydrogen-bond donors (Lipinski definition) is 4. The number of hydrogen-bond acceptors (Lipinski definition) is 5. The zero-order valence-electron chi connectivity index (χ0n) is 21.1. The number of rotatable bonds is 7. The van der Waals surface area contributed by atoms with E-state index in [4.69, 9.17) is 5.73 Å². The van der Waals surface area contributed by atoms with Gasteiger partial charge in [-0.1, -0.05) is 0 Å². The summed E-state index contributed by atoms with van der Waals surface area (Å²) in [6.07, 6.45) is 6.53. The lowest BCUT2D eigenvalue weighted by Crippen LogP contribution is -2.15. The van der Waals surface area contributed by atoms with Crippen molar-refractivity contribution in [3.63, 3.8) is 0 Å². The standard InChI is InChI=1S/C25H28N8O4/c1-14(34)19-7-16(11-31(19)3)27-24(36)21-9-18(13-33(21)5)29-25(37)22-8-17(12-32(22)4)28-23(35)20-6-15(26)10-30(20)2/h6-13H,26H2,1-5H3,(H,27,36)(H,28,35)(H,29,37). The Hall–Kier alpha value is -5.00. The number of carbonyl (C=O) groups excluding carboxylic acids is 4. The molecule has 0 atom stereocenters. The second-order valence-electron chi connectivity index (χ2n) is 8.86. The molecular weight excluding hydrogens is 476 g/mol. The molecule has 0 spiro atoms. The van der Waals surface area contributed by atoms with E-state index in [0.29, 0.717) is 45.5 Å². The number of amides is 3. The zero-order chi connectivity index (χ0) is 27.0. The van der Waals surface area contributed by atoms with Crippen LogP contribution in [0.5, 0.6) is 0 Å². The highest BCUT2D eigenvalue weighted by molar-refractivity contribution is 6.08. The summed E-state index contributed by atoms with van der Waals surface area (Å²) in [6.45, 7) is 1.45. The van der Waals surface area contributed by atoms with Gasteiger partial charge in [0, 0.05) is 59.9 Å². The number of nitrogens with zero attached hydrogens (tertiary/aromatic N) is 4. The maximum atomic E-state index is 12.9. The summed E-state index contributed by atoms with van der Waals surface area (Å²) in [7, 11) is 6.81. The Balaban J connectivity index is 1.44. The van der Waals surface area contributed by atoms with Crippen LogP contribution < -0.4 is 21.7 Å². The summed E-state index contributed by atoms with van der Waals surface area (Å²) >= 11 is 0. The first kappa shape index (κ1) is 25.1. The molecule has 0 aliphatic carbocycles. The molecule has 0 fully saturated rings. The van der Waals surface area contributed by atoms with Crippen molar-refractivity contribution in [3.8, 4) is 0 Å². The van der Waals surface area contributed by atoms with Crippen LogP contribution in [0.3, 0.4) is 0 Å². The van der Waals surface area contributed by atoms with Crippen LogP contribution in [0, 0.1) is 0 Å². The van der Waals surface area contributed by atoms with Crippen molar-refractivity contribution in [2.45, 2.75) is 6.92 Å². The second kappa shape index (κ2) is 9.57. The smallest absolute Gasteiger partial charge is 0.272 e. The molecular formula is C25H28N8O4. The number of nitrogen functional groups attached to an aromatic ring is 1. The molecule has 0 aliphatic heterocycles. The van der Waals surface area contributed by atoms with Gasteiger partial charge in [-0.25, -0.2) is 0 Å². The van der Waals surface area contributed by atoms with Crippen molar-refractivity contribution in [1.29, 1.82) is 0 Å². The zero-order valence-corrected chi connectivity index (χ0v) is 21.1. The van der Waals surface area contributed by atoms with Crippen molar-refractivity contribution < 1.29 is 19.2 Å². The van der Waals surface area contributed by atoms with Gasteiger partial charge in [-0.3, -0.25) is 19.2 Å². The third-order valence-corrected chi connectivity index (χ3v) is 5.87. The normalized spacial score (nSPS) is 10.8. The van der Waals surface area contributed by atoms with Gasteiger partial charge in [0.2, 0.25) is 0 Å². The fraction of sp³-hybridized carbons (Fsp3) is 0.200. The predicted molar refractivity (Wildman–Crippen MR) is 140 cm³/mol. The van der Waals surface area contributed by atoms with E-state index >= 15 is 0 Å². The van der Waals surface area contributed by atoms with Crippen LogP contribution in [0.2, 0.25) is 0 Å². The topological polar surface area (TPSA) is 150 Å². The third kappa shape index (κ3) is 5.17. The Morgan fingerprint density at radius 3 is 1.22 bits per heavy atom. The SMILES string of the molecule is CC(=O)c1cc(NC(=O)c2cc(NC(=O)c3cc(NC(=O)c4cc(N)cn4C)cn3C)cn2C)cn1C. The van der Waals surface area contributed by atoms with E-state index in [2.05, 4.69) is 16.0 Å². The first-order valence-corrected chi connectivity index (χ1v) is 11.3.